The fourth-order valence-electron chi connectivity index (χ4n) is 3.92. The van der Waals surface area contributed by atoms with Crippen LogP contribution in [0.15, 0.2) is 0 Å². The highest BCUT2D eigenvalue weighted by Crippen LogP contribution is 2.37. The Morgan fingerprint density at radius 3 is 2.38 bits per heavy atom. The molecule has 3 N–H and O–H groups in total. The minimum absolute atomic E-state index is 0.584. The monoisotopic (exact) mass is 224 g/mol. The van der Waals surface area contributed by atoms with E-state index < -0.39 is 0 Å². The topological polar surface area (TPSA) is 38.0 Å². The second-order valence-electron chi connectivity index (χ2n) is 6.08. The molecular formula is C14H28N2. The van der Waals surface area contributed by atoms with E-state index in [0.717, 1.165) is 17.8 Å². The maximum absolute atomic E-state index is 5.78. The molecule has 2 fully saturated rings. The normalized spacial score (nSPS) is 34.1. The first kappa shape index (κ1) is 12.4. The Hall–Kier alpha value is -0.0800. The number of hydrogen-bond donors (Lipinski definition) is 2. The first-order valence-corrected chi connectivity index (χ1v) is 7.27. The lowest BCUT2D eigenvalue weighted by Gasteiger charge is -2.31. The molecule has 0 radical (unpaired) electrons. The van der Waals surface area contributed by atoms with Gasteiger partial charge in [-0.3, -0.25) is 11.3 Å². The summed E-state index contributed by atoms with van der Waals surface area (Å²) in [5, 5.41) is 0. The minimum atomic E-state index is 0.584. The summed E-state index contributed by atoms with van der Waals surface area (Å²) in [6.45, 7) is 2.41. The molecule has 0 heterocycles. The van der Waals surface area contributed by atoms with E-state index in [9.17, 15) is 0 Å². The minimum Gasteiger partial charge on any atom is -0.271 e. The summed E-state index contributed by atoms with van der Waals surface area (Å²) < 4.78 is 0. The lowest BCUT2D eigenvalue weighted by Crippen LogP contribution is -2.43. The van der Waals surface area contributed by atoms with Crippen LogP contribution in [-0.2, 0) is 0 Å². The van der Waals surface area contributed by atoms with E-state index in [4.69, 9.17) is 5.84 Å². The molecule has 0 spiro atoms. The van der Waals surface area contributed by atoms with Gasteiger partial charge in [-0.2, -0.15) is 0 Å². The Bertz CT molecular complexity index is 199. The van der Waals surface area contributed by atoms with Crippen LogP contribution in [0, 0.1) is 17.8 Å². The average Bonchev–Trinajstić information content (AvgIpc) is 2.74. The number of rotatable bonds is 4. The fraction of sp³-hybridized carbons (Fsp3) is 1.00. The second-order valence-corrected chi connectivity index (χ2v) is 6.08. The van der Waals surface area contributed by atoms with Crippen molar-refractivity contribution >= 4 is 0 Å². The number of hydrazine groups is 1. The van der Waals surface area contributed by atoms with Crippen molar-refractivity contribution in [2.24, 2.45) is 23.6 Å². The summed E-state index contributed by atoms with van der Waals surface area (Å²) in [5.41, 5.74) is 3.12. The van der Waals surface area contributed by atoms with Crippen molar-refractivity contribution < 1.29 is 0 Å². The van der Waals surface area contributed by atoms with E-state index >= 15 is 0 Å². The highest BCUT2D eigenvalue weighted by Gasteiger charge is 2.31. The Kier molecular flexibility index (Phi) is 4.66. The van der Waals surface area contributed by atoms with E-state index in [0.29, 0.717) is 6.04 Å². The SMILES string of the molecule is CC1CCCC1C(CC1CCCCC1)NN. The van der Waals surface area contributed by atoms with E-state index in [1.807, 2.05) is 0 Å². The molecule has 0 amide bonds. The van der Waals surface area contributed by atoms with Crippen LogP contribution in [0.1, 0.15) is 64.7 Å². The van der Waals surface area contributed by atoms with Gasteiger partial charge >= 0.3 is 0 Å². The zero-order valence-corrected chi connectivity index (χ0v) is 10.8. The molecule has 16 heavy (non-hydrogen) atoms. The van der Waals surface area contributed by atoms with Gasteiger partial charge in [0.25, 0.3) is 0 Å². The fourth-order valence-corrected chi connectivity index (χ4v) is 3.92. The lowest BCUT2D eigenvalue weighted by molar-refractivity contribution is 0.225. The molecule has 3 atom stereocenters. The molecule has 0 aliphatic heterocycles. The van der Waals surface area contributed by atoms with Crippen molar-refractivity contribution in [2.45, 2.75) is 70.8 Å². The zero-order valence-electron chi connectivity index (χ0n) is 10.8. The Labute approximate surface area is 100 Å². The second kappa shape index (κ2) is 6.02. The summed E-state index contributed by atoms with van der Waals surface area (Å²) in [7, 11) is 0. The van der Waals surface area contributed by atoms with Crippen molar-refractivity contribution in [2.75, 3.05) is 0 Å². The Balaban J connectivity index is 1.84. The van der Waals surface area contributed by atoms with Crippen molar-refractivity contribution in [1.82, 2.24) is 5.43 Å². The Morgan fingerprint density at radius 1 is 1.06 bits per heavy atom. The third-order valence-corrected chi connectivity index (χ3v) is 4.97. The third-order valence-electron chi connectivity index (χ3n) is 4.97. The van der Waals surface area contributed by atoms with Gasteiger partial charge < -0.3 is 0 Å². The van der Waals surface area contributed by atoms with Gasteiger partial charge in [0.05, 0.1) is 0 Å². The average molecular weight is 224 g/mol. The van der Waals surface area contributed by atoms with Gasteiger partial charge in [-0.05, 0) is 30.6 Å². The highest BCUT2D eigenvalue weighted by atomic mass is 15.2. The van der Waals surface area contributed by atoms with Gasteiger partial charge in [-0.15, -0.1) is 0 Å². The first-order valence-electron chi connectivity index (χ1n) is 7.27. The van der Waals surface area contributed by atoms with Gasteiger partial charge in [0.15, 0.2) is 0 Å². The molecule has 94 valence electrons. The summed E-state index contributed by atoms with van der Waals surface area (Å²) in [6, 6.07) is 0.584. The molecule has 2 aliphatic carbocycles. The van der Waals surface area contributed by atoms with Gasteiger partial charge in [-0.1, -0.05) is 51.9 Å². The molecule has 3 unspecified atom stereocenters. The van der Waals surface area contributed by atoms with Crippen molar-refractivity contribution in [3.63, 3.8) is 0 Å². The molecule has 2 rings (SSSR count). The smallest absolute Gasteiger partial charge is 0.0243 e. The summed E-state index contributed by atoms with van der Waals surface area (Å²) >= 11 is 0. The molecule has 2 aliphatic rings. The maximum Gasteiger partial charge on any atom is 0.0243 e. The predicted octanol–water partition coefficient (Wildman–Crippen LogP) is 3.22. The van der Waals surface area contributed by atoms with Crippen LogP contribution in [0.5, 0.6) is 0 Å². The van der Waals surface area contributed by atoms with Gasteiger partial charge in [-0.25, -0.2) is 0 Å². The van der Waals surface area contributed by atoms with Crippen LogP contribution in [0.3, 0.4) is 0 Å². The Morgan fingerprint density at radius 2 is 1.81 bits per heavy atom. The molecular weight excluding hydrogens is 196 g/mol. The molecule has 0 aromatic carbocycles. The molecule has 0 aromatic rings. The number of nitrogens with one attached hydrogen (secondary N) is 1. The van der Waals surface area contributed by atoms with Gasteiger partial charge in [0, 0.05) is 6.04 Å². The van der Waals surface area contributed by atoms with E-state index in [2.05, 4.69) is 12.3 Å². The van der Waals surface area contributed by atoms with E-state index in [-0.39, 0.29) is 0 Å². The van der Waals surface area contributed by atoms with E-state index in [1.165, 1.54) is 57.8 Å². The van der Waals surface area contributed by atoms with Crippen molar-refractivity contribution in [3.05, 3.63) is 0 Å². The third kappa shape index (κ3) is 2.98. The van der Waals surface area contributed by atoms with Gasteiger partial charge in [0.2, 0.25) is 0 Å². The number of hydrogen-bond acceptors (Lipinski definition) is 2. The van der Waals surface area contributed by atoms with Gasteiger partial charge in [0.1, 0.15) is 0 Å². The number of nitrogens with two attached hydrogens (primary N) is 1. The zero-order chi connectivity index (χ0) is 11.4. The van der Waals surface area contributed by atoms with Crippen LogP contribution >= 0.6 is 0 Å². The lowest BCUT2D eigenvalue weighted by atomic mass is 9.79. The summed E-state index contributed by atoms with van der Waals surface area (Å²) in [6.07, 6.45) is 12.8. The molecule has 2 saturated carbocycles. The van der Waals surface area contributed by atoms with Crippen LogP contribution in [0.4, 0.5) is 0 Å². The first-order chi connectivity index (χ1) is 7.81. The van der Waals surface area contributed by atoms with Crippen molar-refractivity contribution in [3.8, 4) is 0 Å². The van der Waals surface area contributed by atoms with E-state index in [1.54, 1.807) is 0 Å². The highest BCUT2D eigenvalue weighted by molar-refractivity contribution is 4.85. The summed E-state index contributed by atoms with van der Waals surface area (Å²) in [4.78, 5) is 0. The standard InChI is InChI=1S/C14H28N2/c1-11-6-5-9-13(11)14(16-15)10-12-7-3-2-4-8-12/h11-14,16H,2-10,15H2,1H3. The largest absolute Gasteiger partial charge is 0.271 e. The van der Waals surface area contributed by atoms with Crippen molar-refractivity contribution in [1.29, 1.82) is 0 Å². The van der Waals surface area contributed by atoms with Crippen LogP contribution in [-0.4, -0.2) is 6.04 Å². The molecule has 0 saturated heterocycles. The van der Waals surface area contributed by atoms with Crippen LogP contribution < -0.4 is 11.3 Å². The molecule has 2 heteroatoms. The maximum atomic E-state index is 5.78. The summed E-state index contributed by atoms with van der Waals surface area (Å²) in [5.74, 6) is 8.45. The quantitative estimate of drug-likeness (QED) is 0.568. The molecule has 0 aromatic heterocycles. The molecule has 0 bridgehead atoms. The molecule has 2 nitrogen and oxygen atoms in total. The van der Waals surface area contributed by atoms with Crippen LogP contribution in [0.25, 0.3) is 0 Å². The van der Waals surface area contributed by atoms with Crippen LogP contribution in [0.2, 0.25) is 0 Å². The predicted molar refractivity (Wildman–Crippen MR) is 68.8 cm³/mol.